The first-order chi connectivity index (χ1) is 11.3. The van der Waals surface area contributed by atoms with Crippen LogP contribution in [0.15, 0.2) is 24.3 Å². The fourth-order valence-corrected chi connectivity index (χ4v) is 3.13. The van der Waals surface area contributed by atoms with Gasteiger partial charge in [-0.3, -0.25) is 4.79 Å². The molecule has 1 aliphatic rings. The van der Waals surface area contributed by atoms with Crippen LogP contribution in [0.2, 0.25) is 0 Å². The predicted octanol–water partition coefficient (Wildman–Crippen LogP) is 2.79. The van der Waals surface area contributed by atoms with Crippen molar-refractivity contribution in [2.24, 2.45) is 11.1 Å². The molecule has 0 bridgehead atoms. The van der Waals surface area contributed by atoms with Crippen molar-refractivity contribution in [1.29, 1.82) is 0 Å². The van der Waals surface area contributed by atoms with Crippen molar-refractivity contribution < 1.29 is 14.3 Å². The average molecular weight is 371 g/mol. The van der Waals surface area contributed by atoms with Gasteiger partial charge in [-0.2, -0.15) is 0 Å². The molecule has 2 rings (SSSR count). The second kappa shape index (κ2) is 8.99. The molecule has 0 saturated heterocycles. The maximum atomic E-state index is 12.6. The van der Waals surface area contributed by atoms with Gasteiger partial charge in [0.2, 0.25) is 5.91 Å². The number of amides is 1. The second-order valence-corrected chi connectivity index (χ2v) is 6.98. The summed E-state index contributed by atoms with van der Waals surface area (Å²) < 4.78 is 11.1. The summed E-state index contributed by atoms with van der Waals surface area (Å²) in [5.41, 5.74) is 7.31. The Labute approximate surface area is 157 Å². The molecule has 142 valence electrons. The van der Waals surface area contributed by atoms with E-state index in [1.54, 1.807) is 0 Å². The fraction of sp³-hybridized carbons (Fsp3) is 0.632. The smallest absolute Gasteiger partial charge is 0.241 e. The zero-order valence-electron chi connectivity index (χ0n) is 15.6. The lowest BCUT2D eigenvalue weighted by Crippen LogP contribution is -2.75. The van der Waals surface area contributed by atoms with E-state index in [9.17, 15) is 4.79 Å². The zero-order chi connectivity index (χ0) is 17.8. The molecule has 1 saturated carbocycles. The molecule has 2 atom stereocenters. The summed E-state index contributed by atoms with van der Waals surface area (Å²) in [6.45, 7) is 10.4. The number of carbonyl (C=O) groups is 1. The van der Waals surface area contributed by atoms with Crippen LogP contribution in [0.5, 0.6) is 0 Å². The van der Waals surface area contributed by atoms with Crippen molar-refractivity contribution in [3.63, 3.8) is 0 Å². The lowest BCUT2D eigenvalue weighted by molar-refractivity contribution is -0.170. The Morgan fingerprint density at radius 2 is 1.80 bits per heavy atom. The zero-order valence-corrected chi connectivity index (χ0v) is 16.4. The Morgan fingerprint density at radius 1 is 1.20 bits per heavy atom. The molecule has 0 radical (unpaired) electrons. The summed E-state index contributed by atoms with van der Waals surface area (Å²) in [5.74, 6) is -0.109. The SMILES string of the molecule is CCOCc1ccc(CNC(=O)C2(N)CC(OCC)C2(C)C)cc1.Cl. The lowest BCUT2D eigenvalue weighted by atomic mass is 9.54. The van der Waals surface area contributed by atoms with E-state index in [0.29, 0.717) is 32.8 Å². The van der Waals surface area contributed by atoms with Crippen LogP contribution in [0.3, 0.4) is 0 Å². The van der Waals surface area contributed by atoms with Gasteiger partial charge in [0, 0.05) is 31.6 Å². The van der Waals surface area contributed by atoms with Crippen LogP contribution in [0.25, 0.3) is 0 Å². The van der Waals surface area contributed by atoms with Crippen molar-refractivity contribution in [2.45, 2.75) is 58.9 Å². The minimum absolute atomic E-state index is 0. The number of rotatable bonds is 8. The molecular weight excluding hydrogens is 340 g/mol. The van der Waals surface area contributed by atoms with Crippen molar-refractivity contribution in [3.05, 3.63) is 35.4 Å². The average Bonchev–Trinajstić information content (AvgIpc) is 2.58. The van der Waals surface area contributed by atoms with E-state index in [2.05, 4.69) is 5.32 Å². The number of ether oxygens (including phenoxy) is 2. The summed E-state index contributed by atoms with van der Waals surface area (Å²) in [5, 5.41) is 2.97. The van der Waals surface area contributed by atoms with E-state index in [1.807, 2.05) is 52.0 Å². The van der Waals surface area contributed by atoms with Gasteiger partial charge in [-0.1, -0.05) is 38.1 Å². The molecule has 6 heteroatoms. The summed E-state index contributed by atoms with van der Waals surface area (Å²) in [6.07, 6.45) is 0.601. The van der Waals surface area contributed by atoms with Crippen LogP contribution in [-0.4, -0.2) is 30.8 Å². The third-order valence-electron chi connectivity index (χ3n) is 5.18. The number of carbonyl (C=O) groups excluding carboxylic acids is 1. The number of halogens is 1. The van der Waals surface area contributed by atoms with E-state index in [1.165, 1.54) is 0 Å². The van der Waals surface area contributed by atoms with Crippen LogP contribution < -0.4 is 11.1 Å². The molecule has 1 amide bonds. The molecule has 1 aromatic carbocycles. The lowest BCUT2D eigenvalue weighted by Gasteiger charge is -2.57. The maximum Gasteiger partial charge on any atom is 0.241 e. The van der Waals surface area contributed by atoms with Crippen LogP contribution in [0.1, 0.15) is 45.2 Å². The van der Waals surface area contributed by atoms with E-state index in [0.717, 1.165) is 11.1 Å². The topological polar surface area (TPSA) is 73.6 Å². The van der Waals surface area contributed by atoms with E-state index < -0.39 is 5.54 Å². The summed E-state index contributed by atoms with van der Waals surface area (Å²) in [4.78, 5) is 12.6. The number of nitrogens with one attached hydrogen (secondary N) is 1. The Hall–Kier alpha value is -1.14. The van der Waals surface area contributed by atoms with E-state index in [4.69, 9.17) is 15.2 Å². The predicted molar refractivity (Wildman–Crippen MR) is 102 cm³/mol. The van der Waals surface area contributed by atoms with Gasteiger partial charge >= 0.3 is 0 Å². The highest BCUT2D eigenvalue weighted by Crippen LogP contribution is 2.49. The monoisotopic (exact) mass is 370 g/mol. The van der Waals surface area contributed by atoms with Crippen molar-refractivity contribution >= 4 is 18.3 Å². The Bertz CT molecular complexity index is 562. The Kier molecular flexibility index (Phi) is 7.88. The standard InChI is InChI=1S/C19H30N2O3.ClH/c1-5-23-13-15-9-7-14(8-10-15)12-21-17(22)19(20)11-16(24-6-2)18(19,3)4;/h7-10,16H,5-6,11-13,20H2,1-4H3,(H,21,22);1H. The van der Waals surface area contributed by atoms with Gasteiger partial charge in [0.1, 0.15) is 5.54 Å². The first kappa shape index (κ1) is 21.9. The molecule has 2 unspecified atom stereocenters. The summed E-state index contributed by atoms with van der Waals surface area (Å²) in [7, 11) is 0. The third kappa shape index (κ3) is 4.53. The number of hydrogen-bond donors (Lipinski definition) is 2. The Balaban J connectivity index is 0.00000312. The maximum absolute atomic E-state index is 12.6. The molecule has 0 heterocycles. The highest BCUT2D eigenvalue weighted by molar-refractivity contribution is 5.88. The molecule has 1 fully saturated rings. The normalized spacial score (nSPS) is 24.1. The Morgan fingerprint density at radius 3 is 2.32 bits per heavy atom. The van der Waals surface area contributed by atoms with Gasteiger partial charge < -0.3 is 20.5 Å². The molecule has 25 heavy (non-hydrogen) atoms. The molecule has 5 nitrogen and oxygen atoms in total. The van der Waals surface area contributed by atoms with Gasteiger partial charge in [-0.05, 0) is 25.0 Å². The first-order valence-electron chi connectivity index (χ1n) is 8.69. The third-order valence-corrected chi connectivity index (χ3v) is 5.18. The van der Waals surface area contributed by atoms with Crippen LogP contribution in [-0.2, 0) is 27.4 Å². The number of nitrogens with two attached hydrogens (primary N) is 1. The van der Waals surface area contributed by atoms with Gasteiger partial charge in [-0.15, -0.1) is 12.4 Å². The van der Waals surface area contributed by atoms with Gasteiger partial charge in [0.05, 0.1) is 12.7 Å². The quantitative estimate of drug-likeness (QED) is 0.738. The van der Waals surface area contributed by atoms with Crippen molar-refractivity contribution in [1.82, 2.24) is 5.32 Å². The largest absolute Gasteiger partial charge is 0.378 e. The second-order valence-electron chi connectivity index (χ2n) is 6.98. The molecular formula is C19H31ClN2O3. The molecule has 3 N–H and O–H groups in total. The number of hydrogen-bond acceptors (Lipinski definition) is 4. The molecule has 0 spiro atoms. The van der Waals surface area contributed by atoms with E-state index >= 15 is 0 Å². The highest BCUT2D eigenvalue weighted by atomic mass is 35.5. The van der Waals surface area contributed by atoms with Crippen LogP contribution in [0, 0.1) is 5.41 Å². The molecule has 1 aromatic rings. The van der Waals surface area contributed by atoms with Gasteiger partial charge in [-0.25, -0.2) is 0 Å². The fourth-order valence-electron chi connectivity index (χ4n) is 3.13. The van der Waals surface area contributed by atoms with Gasteiger partial charge in [0.15, 0.2) is 0 Å². The van der Waals surface area contributed by atoms with E-state index in [-0.39, 0.29) is 29.8 Å². The highest BCUT2D eigenvalue weighted by Gasteiger charge is 2.62. The minimum atomic E-state index is -0.873. The van der Waals surface area contributed by atoms with Crippen LogP contribution in [0.4, 0.5) is 0 Å². The van der Waals surface area contributed by atoms with Crippen LogP contribution >= 0.6 is 12.4 Å². The van der Waals surface area contributed by atoms with Crippen molar-refractivity contribution in [2.75, 3.05) is 13.2 Å². The van der Waals surface area contributed by atoms with Gasteiger partial charge in [0.25, 0.3) is 0 Å². The minimum Gasteiger partial charge on any atom is -0.378 e. The first-order valence-corrected chi connectivity index (χ1v) is 8.69. The van der Waals surface area contributed by atoms with Crippen molar-refractivity contribution in [3.8, 4) is 0 Å². The summed E-state index contributed by atoms with van der Waals surface area (Å²) in [6, 6.07) is 8.06. The number of benzene rings is 1. The molecule has 1 aliphatic carbocycles. The molecule has 0 aliphatic heterocycles. The molecule has 0 aromatic heterocycles. The summed E-state index contributed by atoms with van der Waals surface area (Å²) >= 11 is 0.